The summed E-state index contributed by atoms with van der Waals surface area (Å²) in [5.41, 5.74) is -0.0945. The Balaban J connectivity index is 1.34. The molecule has 1 aliphatic carbocycles. The molecule has 150 valence electrons. The molecule has 1 saturated carbocycles. The average molecular weight is 394 g/mol. The van der Waals surface area contributed by atoms with E-state index in [1.807, 2.05) is 10.3 Å². The minimum atomic E-state index is -0.887. The van der Waals surface area contributed by atoms with Crippen LogP contribution in [0, 0.1) is 5.92 Å². The Labute approximate surface area is 165 Å². The average Bonchev–Trinajstić information content (AvgIpc) is 3.25. The highest BCUT2D eigenvalue weighted by atomic mass is 32.1. The van der Waals surface area contributed by atoms with Crippen molar-refractivity contribution in [3.05, 3.63) is 16.1 Å². The number of nitrogens with zero attached hydrogens (tertiary/aromatic N) is 3. The molecule has 1 atom stereocenters. The second-order valence-corrected chi connectivity index (χ2v) is 9.28. The molecule has 27 heavy (non-hydrogen) atoms. The number of piperidine rings is 1. The lowest BCUT2D eigenvalue weighted by atomic mass is 9.82. The molecule has 0 spiro atoms. The van der Waals surface area contributed by atoms with Gasteiger partial charge in [0.2, 0.25) is 5.91 Å². The SMILES string of the molecule is COCC1CCCN1Cc1nc(C2(O)CCN(C(=O)C3CCC3)CC2)cs1. The third-order valence-corrected chi connectivity index (χ3v) is 7.42. The van der Waals surface area contributed by atoms with Gasteiger partial charge in [0.15, 0.2) is 0 Å². The van der Waals surface area contributed by atoms with Crippen molar-refractivity contribution in [1.29, 1.82) is 0 Å². The van der Waals surface area contributed by atoms with Crippen molar-refractivity contribution >= 4 is 17.2 Å². The van der Waals surface area contributed by atoms with Gasteiger partial charge in [0.05, 0.1) is 18.8 Å². The van der Waals surface area contributed by atoms with E-state index in [9.17, 15) is 9.90 Å². The van der Waals surface area contributed by atoms with Gasteiger partial charge < -0.3 is 14.7 Å². The summed E-state index contributed by atoms with van der Waals surface area (Å²) in [4.78, 5) is 21.6. The maximum absolute atomic E-state index is 12.4. The van der Waals surface area contributed by atoms with Crippen LogP contribution in [-0.2, 0) is 21.7 Å². The molecule has 1 aromatic rings. The molecule has 1 aromatic heterocycles. The zero-order valence-electron chi connectivity index (χ0n) is 16.2. The second-order valence-electron chi connectivity index (χ2n) is 8.33. The van der Waals surface area contributed by atoms with Crippen LogP contribution in [-0.4, -0.2) is 65.2 Å². The van der Waals surface area contributed by atoms with Gasteiger partial charge in [-0.1, -0.05) is 6.42 Å². The molecule has 2 saturated heterocycles. The monoisotopic (exact) mass is 393 g/mol. The van der Waals surface area contributed by atoms with Crippen LogP contribution in [0.2, 0.25) is 0 Å². The molecule has 0 bridgehead atoms. The number of carbonyl (C=O) groups is 1. The fourth-order valence-corrected chi connectivity index (χ4v) is 5.43. The number of amides is 1. The van der Waals surface area contributed by atoms with Gasteiger partial charge in [-0.25, -0.2) is 4.98 Å². The van der Waals surface area contributed by atoms with Crippen molar-refractivity contribution < 1.29 is 14.6 Å². The molecule has 2 aliphatic heterocycles. The normalized spacial score (nSPS) is 26.3. The minimum Gasteiger partial charge on any atom is -0.383 e. The third-order valence-electron chi connectivity index (χ3n) is 6.58. The molecule has 1 N–H and O–H groups in total. The molecular weight excluding hydrogens is 362 g/mol. The van der Waals surface area contributed by atoms with Crippen molar-refractivity contribution in [2.45, 2.75) is 63.1 Å². The van der Waals surface area contributed by atoms with E-state index < -0.39 is 5.60 Å². The van der Waals surface area contributed by atoms with Gasteiger partial charge in [-0.05, 0) is 45.1 Å². The Hall–Kier alpha value is -1.02. The van der Waals surface area contributed by atoms with E-state index in [4.69, 9.17) is 9.72 Å². The van der Waals surface area contributed by atoms with Crippen LogP contribution in [0.5, 0.6) is 0 Å². The van der Waals surface area contributed by atoms with Crippen LogP contribution in [0.3, 0.4) is 0 Å². The van der Waals surface area contributed by atoms with Crippen molar-refractivity contribution in [3.63, 3.8) is 0 Å². The van der Waals surface area contributed by atoms with Crippen LogP contribution >= 0.6 is 11.3 Å². The van der Waals surface area contributed by atoms with Crippen molar-refractivity contribution in [1.82, 2.24) is 14.8 Å². The highest BCUT2D eigenvalue weighted by molar-refractivity contribution is 7.09. The predicted octanol–water partition coefficient (Wildman–Crippen LogP) is 2.36. The Morgan fingerprint density at radius 1 is 1.30 bits per heavy atom. The van der Waals surface area contributed by atoms with E-state index in [1.165, 1.54) is 19.3 Å². The topological polar surface area (TPSA) is 65.9 Å². The first-order valence-electron chi connectivity index (χ1n) is 10.3. The van der Waals surface area contributed by atoms with Crippen LogP contribution < -0.4 is 0 Å². The number of carbonyl (C=O) groups excluding carboxylic acids is 1. The summed E-state index contributed by atoms with van der Waals surface area (Å²) < 4.78 is 5.34. The molecule has 4 rings (SSSR count). The van der Waals surface area contributed by atoms with Crippen molar-refractivity contribution in [2.24, 2.45) is 5.92 Å². The summed E-state index contributed by atoms with van der Waals surface area (Å²) >= 11 is 1.64. The zero-order valence-corrected chi connectivity index (χ0v) is 17.0. The smallest absolute Gasteiger partial charge is 0.225 e. The third kappa shape index (κ3) is 4.06. The predicted molar refractivity (Wildman–Crippen MR) is 104 cm³/mol. The standard InChI is InChI=1S/C20H31N3O3S/c1-26-13-16-6-3-9-23(16)12-18-21-17(14-27-18)20(25)7-10-22(11-8-20)19(24)15-4-2-5-15/h14-16,25H,2-13H2,1H3. The number of hydrogen-bond acceptors (Lipinski definition) is 6. The Kier molecular flexibility index (Phi) is 5.83. The highest BCUT2D eigenvalue weighted by Crippen LogP contribution is 2.36. The molecule has 3 fully saturated rings. The summed E-state index contributed by atoms with van der Waals surface area (Å²) in [7, 11) is 1.76. The maximum Gasteiger partial charge on any atom is 0.225 e. The first-order valence-corrected chi connectivity index (χ1v) is 11.2. The highest BCUT2D eigenvalue weighted by Gasteiger charge is 2.39. The van der Waals surface area contributed by atoms with Crippen molar-refractivity contribution in [3.8, 4) is 0 Å². The van der Waals surface area contributed by atoms with Crippen LogP contribution in [0.1, 0.15) is 55.6 Å². The van der Waals surface area contributed by atoms with Crippen molar-refractivity contribution in [2.75, 3.05) is 33.4 Å². The molecule has 7 heteroatoms. The number of aliphatic hydroxyl groups is 1. The van der Waals surface area contributed by atoms with E-state index in [2.05, 4.69) is 4.90 Å². The van der Waals surface area contributed by atoms with E-state index in [-0.39, 0.29) is 5.92 Å². The van der Waals surface area contributed by atoms with Crippen LogP contribution in [0.15, 0.2) is 5.38 Å². The minimum absolute atomic E-state index is 0.238. The fraction of sp³-hybridized carbons (Fsp3) is 0.800. The lowest BCUT2D eigenvalue weighted by Crippen LogP contribution is -2.48. The number of thiazole rings is 1. The van der Waals surface area contributed by atoms with Gasteiger partial charge in [-0.2, -0.15) is 0 Å². The summed E-state index contributed by atoms with van der Waals surface area (Å²) in [6.45, 7) is 3.97. The van der Waals surface area contributed by atoms with E-state index in [1.54, 1.807) is 18.4 Å². The molecule has 1 amide bonds. The second kappa shape index (κ2) is 8.15. The number of rotatable bonds is 6. The quantitative estimate of drug-likeness (QED) is 0.804. The number of methoxy groups -OCH3 is 1. The number of ether oxygens (including phenoxy) is 1. The van der Waals surface area contributed by atoms with Gasteiger partial charge in [0.25, 0.3) is 0 Å². The van der Waals surface area contributed by atoms with Crippen LogP contribution in [0.4, 0.5) is 0 Å². The Morgan fingerprint density at radius 2 is 2.07 bits per heavy atom. The Bertz CT molecular complexity index is 653. The van der Waals surface area contributed by atoms with Gasteiger partial charge in [0.1, 0.15) is 10.6 Å². The first kappa shape index (κ1) is 19.3. The summed E-state index contributed by atoms with van der Waals surface area (Å²) in [6.07, 6.45) is 6.82. The lowest BCUT2D eigenvalue weighted by molar-refractivity contribution is -0.142. The van der Waals surface area contributed by atoms with Gasteiger partial charge in [-0.3, -0.25) is 9.69 Å². The van der Waals surface area contributed by atoms with Gasteiger partial charge >= 0.3 is 0 Å². The Morgan fingerprint density at radius 3 is 2.74 bits per heavy atom. The van der Waals surface area contributed by atoms with E-state index in [0.29, 0.717) is 37.9 Å². The first-order chi connectivity index (χ1) is 13.1. The van der Waals surface area contributed by atoms with E-state index >= 15 is 0 Å². The number of aromatic nitrogens is 1. The molecule has 3 heterocycles. The van der Waals surface area contributed by atoms with Gasteiger partial charge in [0, 0.05) is 37.5 Å². The molecule has 3 aliphatic rings. The molecule has 1 unspecified atom stereocenters. The molecular formula is C20H31N3O3S. The maximum atomic E-state index is 12.4. The molecule has 6 nitrogen and oxygen atoms in total. The molecule has 0 aromatic carbocycles. The largest absolute Gasteiger partial charge is 0.383 e. The summed E-state index contributed by atoms with van der Waals surface area (Å²) in [5.74, 6) is 0.531. The zero-order chi connectivity index (χ0) is 18.9. The summed E-state index contributed by atoms with van der Waals surface area (Å²) in [6, 6.07) is 0.478. The van der Waals surface area contributed by atoms with E-state index in [0.717, 1.165) is 43.2 Å². The van der Waals surface area contributed by atoms with Gasteiger partial charge in [-0.15, -0.1) is 11.3 Å². The summed E-state index contributed by atoms with van der Waals surface area (Å²) in [5, 5.41) is 14.2. The number of hydrogen-bond donors (Lipinski definition) is 1. The fourth-order valence-electron chi connectivity index (χ4n) is 4.52. The molecule has 0 radical (unpaired) electrons. The lowest BCUT2D eigenvalue weighted by Gasteiger charge is -2.40. The van der Waals surface area contributed by atoms with Crippen LogP contribution in [0.25, 0.3) is 0 Å². The number of likely N-dealkylation sites (tertiary alicyclic amines) is 2.